The molecule has 0 saturated carbocycles. The molecule has 0 aliphatic rings. The number of anilines is 1. The monoisotopic (exact) mass is 379 g/mol. The number of aromatic nitrogens is 2. The Bertz CT molecular complexity index is 1040. The van der Waals surface area contributed by atoms with Crippen LogP contribution in [0.4, 0.5) is 14.5 Å². The molecule has 3 aromatic rings. The highest BCUT2D eigenvalue weighted by atomic mass is 32.2. The fourth-order valence-corrected chi connectivity index (χ4v) is 3.10. The van der Waals surface area contributed by atoms with E-state index in [1.165, 1.54) is 30.3 Å². The van der Waals surface area contributed by atoms with Crippen molar-refractivity contribution in [1.82, 2.24) is 10.2 Å². The van der Waals surface area contributed by atoms with E-state index < -0.39 is 21.5 Å². The number of halogens is 2. The third-order valence-corrected chi connectivity index (χ3v) is 4.29. The fourth-order valence-electron chi connectivity index (χ4n) is 2.30. The summed E-state index contributed by atoms with van der Waals surface area (Å²) in [5, 5.41) is 10.6. The highest BCUT2D eigenvalue weighted by molar-refractivity contribution is 7.89. The number of sulfone groups is 1. The molecule has 0 aliphatic heterocycles. The minimum absolute atomic E-state index is 0.101. The maximum Gasteiger partial charge on any atom is 0.247 e. The van der Waals surface area contributed by atoms with Gasteiger partial charge in [0.25, 0.3) is 0 Å². The first kappa shape index (κ1) is 18.0. The molecule has 1 aromatic heterocycles. The van der Waals surface area contributed by atoms with Crippen molar-refractivity contribution in [3.8, 4) is 11.5 Å². The zero-order valence-corrected chi connectivity index (χ0v) is 14.6. The second kappa shape index (κ2) is 7.20. The van der Waals surface area contributed by atoms with Crippen molar-refractivity contribution in [3.63, 3.8) is 0 Å². The van der Waals surface area contributed by atoms with Gasteiger partial charge < -0.3 is 9.73 Å². The molecule has 0 fully saturated rings. The van der Waals surface area contributed by atoms with E-state index in [0.717, 1.165) is 6.26 Å². The van der Waals surface area contributed by atoms with Crippen LogP contribution in [0, 0.1) is 11.6 Å². The van der Waals surface area contributed by atoms with Gasteiger partial charge in [-0.15, -0.1) is 10.2 Å². The second-order valence-electron chi connectivity index (χ2n) is 5.74. The first-order chi connectivity index (χ1) is 12.3. The van der Waals surface area contributed by atoms with Crippen molar-refractivity contribution in [2.75, 3.05) is 11.6 Å². The Morgan fingerprint density at radius 2 is 1.92 bits per heavy atom. The van der Waals surface area contributed by atoms with Crippen LogP contribution in [0.1, 0.15) is 11.5 Å². The van der Waals surface area contributed by atoms with Gasteiger partial charge in [0.1, 0.15) is 11.6 Å². The van der Waals surface area contributed by atoms with Crippen LogP contribution >= 0.6 is 0 Å². The van der Waals surface area contributed by atoms with Gasteiger partial charge in [0.05, 0.1) is 12.3 Å². The zero-order chi connectivity index (χ0) is 18.7. The zero-order valence-electron chi connectivity index (χ0n) is 13.7. The maximum atomic E-state index is 14.0. The lowest BCUT2D eigenvalue weighted by atomic mass is 10.2. The Labute approximate surface area is 148 Å². The van der Waals surface area contributed by atoms with Crippen molar-refractivity contribution in [2.45, 2.75) is 12.3 Å². The van der Waals surface area contributed by atoms with E-state index in [1.807, 2.05) is 0 Å². The summed E-state index contributed by atoms with van der Waals surface area (Å²) in [7, 11) is -3.31. The molecule has 0 radical (unpaired) electrons. The van der Waals surface area contributed by atoms with Crippen molar-refractivity contribution in [3.05, 3.63) is 65.6 Å². The van der Waals surface area contributed by atoms with Gasteiger partial charge in [-0.2, -0.15) is 0 Å². The molecule has 0 spiro atoms. The Morgan fingerprint density at radius 3 is 2.62 bits per heavy atom. The molecule has 9 heteroatoms. The molecule has 1 N–H and O–H groups in total. The van der Waals surface area contributed by atoms with Gasteiger partial charge >= 0.3 is 0 Å². The molecule has 2 aromatic carbocycles. The summed E-state index contributed by atoms with van der Waals surface area (Å²) in [6, 6.07) is 9.94. The number of nitrogens with one attached hydrogen (secondary N) is 1. The topological polar surface area (TPSA) is 85.1 Å². The van der Waals surface area contributed by atoms with Crippen molar-refractivity contribution >= 4 is 15.5 Å². The van der Waals surface area contributed by atoms with Crippen LogP contribution < -0.4 is 5.32 Å². The van der Waals surface area contributed by atoms with E-state index >= 15 is 0 Å². The van der Waals surface area contributed by atoms with E-state index in [-0.39, 0.29) is 29.6 Å². The van der Waals surface area contributed by atoms with Gasteiger partial charge in [0, 0.05) is 23.1 Å². The average molecular weight is 379 g/mol. The molecule has 3 rings (SSSR count). The van der Waals surface area contributed by atoms with Crippen molar-refractivity contribution < 1.29 is 21.6 Å². The molecule has 0 saturated heterocycles. The summed E-state index contributed by atoms with van der Waals surface area (Å²) < 4.78 is 55.2. The third-order valence-electron chi connectivity index (χ3n) is 3.45. The summed E-state index contributed by atoms with van der Waals surface area (Å²) in [5.41, 5.74) is 0.995. The largest absolute Gasteiger partial charge is 0.419 e. The van der Waals surface area contributed by atoms with Crippen LogP contribution in [0.15, 0.2) is 46.9 Å². The molecule has 136 valence electrons. The van der Waals surface area contributed by atoms with Crippen molar-refractivity contribution in [2.24, 2.45) is 0 Å². The first-order valence-corrected chi connectivity index (χ1v) is 9.64. The molecular weight excluding hydrogens is 364 g/mol. The molecule has 0 aliphatic carbocycles. The standard InChI is InChI=1S/C17H15F2N3O3S/c1-26(23,24)10-12-5-6-14(8-15(12)19)20-9-16-21-22-17(25-16)11-3-2-4-13(18)7-11/h2-8,20H,9-10H2,1H3. The number of nitrogens with zero attached hydrogens (tertiary/aromatic N) is 2. The lowest BCUT2D eigenvalue weighted by molar-refractivity contribution is 0.514. The number of rotatable bonds is 6. The third kappa shape index (κ3) is 4.63. The summed E-state index contributed by atoms with van der Waals surface area (Å²) >= 11 is 0. The SMILES string of the molecule is CS(=O)(=O)Cc1ccc(NCc2nnc(-c3cccc(F)c3)o2)cc1F. The first-order valence-electron chi connectivity index (χ1n) is 7.58. The minimum atomic E-state index is -3.31. The molecular formula is C17H15F2N3O3S. The average Bonchev–Trinajstić information content (AvgIpc) is 3.03. The van der Waals surface area contributed by atoms with Crippen molar-refractivity contribution in [1.29, 1.82) is 0 Å². The Kier molecular flexibility index (Phi) is 4.99. The predicted octanol–water partition coefficient (Wildman–Crippen LogP) is 3.17. The van der Waals surface area contributed by atoms with Crippen LogP contribution in [0.25, 0.3) is 11.5 Å². The molecule has 26 heavy (non-hydrogen) atoms. The lowest BCUT2D eigenvalue weighted by Crippen LogP contribution is -2.04. The van der Waals surface area contributed by atoms with Crippen LogP contribution in [-0.2, 0) is 22.1 Å². The molecule has 0 amide bonds. The summed E-state index contributed by atoms with van der Waals surface area (Å²) in [6.07, 6.45) is 1.05. The van der Waals surface area contributed by atoms with Gasteiger partial charge in [-0.3, -0.25) is 0 Å². The highest BCUT2D eigenvalue weighted by Gasteiger charge is 2.12. The molecule has 0 unspecified atom stereocenters. The van der Waals surface area contributed by atoms with E-state index in [9.17, 15) is 17.2 Å². The van der Waals surface area contributed by atoms with Crippen LogP contribution in [0.2, 0.25) is 0 Å². The number of hydrogen-bond donors (Lipinski definition) is 1. The Morgan fingerprint density at radius 1 is 1.12 bits per heavy atom. The summed E-state index contributed by atoms with van der Waals surface area (Å²) in [5.74, 6) is -0.975. The van der Waals surface area contributed by atoms with E-state index in [4.69, 9.17) is 4.42 Å². The van der Waals surface area contributed by atoms with Crippen LogP contribution in [0.3, 0.4) is 0 Å². The highest BCUT2D eigenvalue weighted by Crippen LogP contribution is 2.20. The van der Waals surface area contributed by atoms with E-state index in [0.29, 0.717) is 11.3 Å². The minimum Gasteiger partial charge on any atom is -0.419 e. The number of benzene rings is 2. The fraction of sp³-hybridized carbons (Fsp3) is 0.176. The lowest BCUT2D eigenvalue weighted by Gasteiger charge is -2.07. The molecule has 1 heterocycles. The summed E-state index contributed by atoms with van der Waals surface area (Å²) in [4.78, 5) is 0. The normalized spacial score (nSPS) is 11.5. The Hall–Kier alpha value is -2.81. The smallest absolute Gasteiger partial charge is 0.247 e. The van der Waals surface area contributed by atoms with Gasteiger partial charge in [0.2, 0.25) is 11.8 Å². The van der Waals surface area contributed by atoms with Crippen LogP contribution in [0.5, 0.6) is 0 Å². The van der Waals surface area contributed by atoms with Gasteiger partial charge in [-0.25, -0.2) is 17.2 Å². The van der Waals surface area contributed by atoms with E-state index in [1.54, 1.807) is 12.1 Å². The Balaban J connectivity index is 1.67. The van der Waals surface area contributed by atoms with Crippen LogP contribution in [-0.4, -0.2) is 24.9 Å². The van der Waals surface area contributed by atoms with E-state index in [2.05, 4.69) is 15.5 Å². The van der Waals surface area contributed by atoms with Gasteiger partial charge in [-0.05, 0) is 30.3 Å². The second-order valence-corrected chi connectivity index (χ2v) is 7.88. The summed E-state index contributed by atoms with van der Waals surface area (Å²) in [6.45, 7) is 0.132. The quantitative estimate of drug-likeness (QED) is 0.708. The molecule has 0 bridgehead atoms. The van der Waals surface area contributed by atoms with Gasteiger partial charge in [0.15, 0.2) is 9.84 Å². The predicted molar refractivity (Wildman–Crippen MR) is 92.0 cm³/mol. The molecule has 0 atom stereocenters. The maximum absolute atomic E-state index is 14.0. The number of hydrogen-bond acceptors (Lipinski definition) is 6. The molecule has 6 nitrogen and oxygen atoms in total. The van der Waals surface area contributed by atoms with Gasteiger partial charge in [-0.1, -0.05) is 12.1 Å².